The van der Waals surface area contributed by atoms with Gasteiger partial charge in [-0.25, -0.2) is 9.37 Å². The van der Waals surface area contributed by atoms with Gasteiger partial charge in [-0.2, -0.15) is 13.2 Å². The van der Waals surface area contributed by atoms with Crippen molar-refractivity contribution < 1.29 is 22.4 Å². The van der Waals surface area contributed by atoms with E-state index in [9.17, 15) is 27.2 Å². The minimum Gasteiger partial charge on any atom is -0.355 e. The Morgan fingerprint density at radius 1 is 1.00 bits per heavy atom. The largest absolute Gasteiger partial charge is 0.417 e. The smallest absolute Gasteiger partial charge is 0.355 e. The molecule has 4 N–H and O–H groups in total. The average molecular weight is 497 g/mol. The molecule has 0 atom stereocenters. The van der Waals surface area contributed by atoms with E-state index in [0.29, 0.717) is 35.9 Å². The number of aromatic nitrogens is 2. The van der Waals surface area contributed by atoms with Gasteiger partial charge in [0.15, 0.2) is 0 Å². The lowest BCUT2D eigenvalue weighted by atomic mass is 9.98. The van der Waals surface area contributed by atoms with E-state index in [1.807, 2.05) is 0 Å². The van der Waals surface area contributed by atoms with Crippen molar-refractivity contribution in [2.24, 2.45) is 0 Å². The molecule has 1 aliphatic heterocycles. The lowest BCUT2D eigenvalue weighted by molar-refractivity contribution is -0.138. The van der Waals surface area contributed by atoms with Gasteiger partial charge >= 0.3 is 6.18 Å². The van der Waals surface area contributed by atoms with E-state index in [4.69, 9.17) is 0 Å². The number of carbonyl (C=O) groups excluding carboxylic acids is 1. The maximum absolute atomic E-state index is 13.3. The summed E-state index contributed by atoms with van der Waals surface area (Å²) in [5, 5.41) is 9.69. The Morgan fingerprint density at radius 3 is 2.50 bits per heavy atom. The molecule has 0 unspecified atom stereocenters. The minimum absolute atomic E-state index is 0.177. The number of alkyl halides is 3. The van der Waals surface area contributed by atoms with E-state index < -0.39 is 29.0 Å². The molecule has 0 radical (unpaired) electrons. The summed E-state index contributed by atoms with van der Waals surface area (Å²) >= 11 is 0. The van der Waals surface area contributed by atoms with Gasteiger partial charge in [0.2, 0.25) is 0 Å². The Kier molecular flexibility index (Phi) is 5.92. The summed E-state index contributed by atoms with van der Waals surface area (Å²) in [5.41, 5.74) is 1.49. The molecular formula is C25H19F4N5O2. The molecular weight excluding hydrogens is 478 g/mol. The number of halogens is 4. The number of nitrogens with one attached hydrogen (secondary N) is 4. The molecule has 2 aromatic heterocycles. The van der Waals surface area contributed by atoms with Crippen molar-refractivity contribution in [3.8, 4) is 0 Å². The van der Waals surface area contributed by atoms with Crippen LogP contribution in [0.1, 0.15) is 27.0 Å². The molecule has 4 aromatic rings. The van der Waals surface area contributed by atoms with Crippen LogP contribution in [-0.2, 0) is 19.1 Å². The van der Waals surface area contributed by atoms with E-state index in [2.05, 4.69) is 25.9 Å². The third-order valence-electron chi connectivity index (χ3n) is 5.93. The second-order valence-corrected chi connectivity index (χ2v) is 8.26. The monoisotopic (exact) mass is 497 g/mol. The quantitative estimate of drug-likeness (QED) is 0.306. The molecule has 36 heavy (non-hydrogen) atoms. The minimum atomic E-state index is -4.88. The van der Waals surface area contributed by atoms with Crippen LogP contribution in [0, 0.1) is 5.82 Å². The predicted molar refractivity (Wildman–Crippen MR) is 127 cm³/mol. The van der Waals surface area contributed by atoms with Crippen molar-refractivity contribution >= 4 is 34.0 Å². The van der Waals surface area contributed by atoms with E-state index in [0.717, 1.165) is 35.3 Å². The van der Waals surface area contributed by atoms with Gasteiger partial charge in [0.25, 0.3) is 11.5 Å². The summed E-state index contributed by atoms with van der Waals surface area (Å²) in [5.74, 6) is -2.09. The predicted octanol–water partition coefficient (Wildman–Crippen LogP) is 4.72. The lowest BCUT2D eigenvalue weighted by Gasteiger charge is -2.20. The number of benzene rings is 2. The first-order valence-corrected chi connectivity index (χ1v) is 11.0. The number of anilines is 3. The van der Waals surface area contributed by atoms with Crippen molar-refractivity contribution in [2.75, 3.05) is 17.2 Å². The van der Waals surface area contributed by atoms with Gasteiger partial charge in [-0.15, -0.1) is 0 Å². The zero-order valence-electron chi connectivity index (χ0n) is 18.6. The van der Waals surface area contributed by atoms with Crippen molar-refractivity contribution in [1.29, 1.82) is 0 Å². The van der Waals surface area contributed by atoms with Gasteiger partial charge in [-0.05, 0) is 67.1 Å². The number of hydrogen-bond acceptors (Lipinski definition) is 5. The van der Waals surface area contributed by atoms with Crippen LogP contribution in [0.3, 0.4) is 0 Å². The Bertz CT molecular complexity index is 1530. The summed E-state index contributed by atoms with van der Waals surface area (Å²) in [7, 11) is 0. The van der Waals surface area contributed by atoms with E-state index >= 15 is 0 Å². The van der Waals surface area contributed by atoms with Crippen LogP contribution < -0.4 is 21.5 Å². The first-order chi connectivity index (χ1) is 17.2. The molecule has 11 heteroatoms. The lowest BCUT2D eigenvalue weighted by Crippen LogP contribution is -2.30. The second-order valence-electron chi connectivity index (χ2n) is 8.26. The topological polar surface area (TPSA) is 98.9 Å². The molecule has 0 spiro atoms. The van der Waals surface area contributed by atoms with E-state index in [1.165, 1.54) is 12.1 Å². The highest BCUT2D eigenvalue weighted by atomic mass is 19.4. The van der Waals surface area contributed by atoms with Gasteiger partial charge in [0, 0.05) is 35.1 Å². The highest BCUT2D eigenvalue weighted by Crippen LogP contribution is 2.33. The fourth-order valence-electron chi connectivity index (χ4n) is 4.27. The fraction of sp³-hybridized carbons (Fsp3) is 0.160. The highest BCUT2D eigenvalue weighted by Gasteiger charge is 2.35. The molecule has 3 heterocycles. The van der Waals surface area contributed by atoms with Crippen LogP contribution in [0.2, 0.25) is 0 Å². The summed E-state index contributed by atoms with van der Waals surface area (Å²) in [4.78, 5) is 32.0. The highest BCUT2D eigenvalue weighted by molar-refractivity contribution is 6.05. The number of pyridine rings is 2. The second kappa shape index (κ2) is 9.08. The van der Waals surface area contributed by atoms with Crippen LogP contribution in [-0.4, -0.2) is 22.4 Å². The Morgan fingerprint density at radius 2 is 1.75 bits per heavy atom. The number of hydrogen-bond donors (Lipinski definition) is 4. The van der Waals surface area contributed by atoms with Crippen LogP contribution >= 0.6 is 0 Å². The summed E-state index contributed by atoms with van der Waals surface area (Å²) in [6.45, 7) is 1.20. The summed E-state index contributed by atoms with van der Waals surface area (Å²) in [6, 6.07) is 10.0. The number of nitrogens with zero attached hydrogens (tertiary/aromatic N) is 1. The zero-order chi connectivity index (χ0) is 25.4. The third-order valence-corrected chi connectivity index (χ3v) is 5.93. The fourth-order valence-corrected chi connectivity index (χ4v) is 4.27. The van der Waals surface area contributed by atoms with Gasteiger partial charge < -0.3 is 20.9 Å². The van der Waals surface area contributed by atoms with Gasteiger partial charge in [0.1, 0.15) is 11.5 Å². The van der Waals surface area contributed by atoms with Gasteiger partial charge in [-0.1, -0.05) is 0 Å². The number of H-pyrrole nitrogens is 1. The van der Waals surface area contributed by atoms with Crippen molar-refractivity contribution in [1.82, 2.24) is 15.3 Å². The summed E-state index contributed by atoms with van der Waals surface area (Å²) in [6.07, 6.45) is -2.64. The van der Waals surface area contributed by atoms with Crippen LogP contribution in [0.4, 0.5) is 34.6 Å². The molecule has 0 aliphatic carbocycles. The Balaban J connectivity index is 1.39. The molecule has 184 valence electrons. The van der Waals surface area contributed by atoms with Gasteiger partial charge in [0.05, 0.1) is 16.8 Å². The summed E-state index contributed by atoms with van der Waals surface area (Å²) < 4.78 is 53.1. The molecule has 0 saturated carbocycles. The number of rotatable bonds is 4. The molecule has 7 nitrogen and oxygen atoms in total. The number of aromatic amines is 1. The Labute approximate surface area is 201 Å². The van der Waals surface area contributed by atoms with E-state index in [1.54, 1.807) is 24.4 Å². The first kappa shape index (κ1) is 23.5. The van der Waals surface area contributed by atoms with Crippen LogP contribution in [0.15, 0.2) is 59.5 Å². The number of amides is 1. The number of fused-ring (bicyclic) bond motifs is 3. The molecule has 1 amide bonds. The SMILES string of the molecule is O=C(Nc1ccc(Nc2ccnc3[nH]c(=O)c4c(c23)CCNC4)cc1)c1ccc(F)cc1C(F)(F)F. The molecule has 1 aliphatic rings. The molecule has 5 rings (SSSR count). The molecule has 0 bridgehead atoms. The van der Waals surface area contributed by atoms with E-state index in [-0.39, 0.29) is 11.2 Å². The molecule has 0 saturated heterocycles. The number of carbonyl (C=O) groups is 1. The van der Waals surface area contributed by atoms with Gasteiger partial charge in [-0.3, -0.25) is 9.59 Å². The zero-order valence-corrected chi connectivity index (χ0v) is 18.6. The van der Waals surface area contributed by atoms with Crippen LogP contribution in [0.5, 0.6) is 0 Å². The van der Waals surface area contributed by atoms with Crippen LogP contribution in [0.25, 0.3) is 11.0 Å². The third kappa shape index (κ3) is 4.52. The average Bonchev–Trinajstić information content (AvgIpc) is 2.85. The first-order valence-electron chi connectivity index (χ1n) is 11.0. The normalized spacial score (nSPS) is 13.3. The van der Waals surface area contributed by atoms with Crippen molar-refractivity contribution in [3.63, 3.8) is 0 Å². The Hall–Kier alpha value is -4.25. The van der Waals surface area contributed by atoms with Crippen molar-refractivity contribution in [2.45, 2.75) is 19.1 Å². The maximum Gasteiger partial charge on any atom is 0.417 e. The van der Waals surface area contributed by atoms with Crippen molar-refractivity contribution in [3.05, 3.63) is 93.2 Å². The maximum atomic E-state index is 13.3. The molecule has 2 aromatic carbocycles. The standard InChI is InChI=1S/C25H19F4N5O2/c26-13-1-6-17(19(11-13)25(27,28)29)23(35)33-15-4-2-14(3-5-15)32-20-8-10-31-22-21(20)16-7-9-30-12-18(16)24(36)34-22/h1-6,8,10-11,30H,7,9,12H2,(H,33,35)(H2,31,32,34,36). The molecule has 0 fully saturated rings.